The fraction of sp³-hybridized carbons (Fsp3) is 0.412. The van der Waals surface area contributed by atoms with Crippen LogP contribution in [-0.4, -0.2) is 35.7 Å². The number of ether oxygens (including phenoxy) is 1. The number of pyridine rings is 1. The van der Waals surface area contributed by atoms with Crippen LogP contribution < -0.4 is 5.32 Å². The number of benzene rings is 1. The van der Waals surface area contributed by atoms with Crippen LogP contribution in [0.25, 0.3) is 10.9 Å². The summed E-state index contributed by atoms with van der Waals surface area (Å²) in [6.07, 6.45) is -0.472. The molecule has 0 spiro atoms. The van der Waals surface area contributed by atoms with Crippen molar-refractivity contribution >= 4 is 22.7 Å². The number of amides is 1. The summed E-state index contributed by atoms with van der Waals surface area (Å²) in [5.74, 6) is 0. The molecule has 1 amide bonds. The van der Waals surface area contributed by atoms with E-state index in [1.54, 1.807) is 0 Å². The third kappa shape index (κ3) is 4.43. The number of nitrogens with zero attached hydrogens (tertiary/aromatic N) is 2. The smallest absolute Gasteiger partial charge is 0.412 e. The van der Waals surface area contributed by atoms with Crippen molar-refractivity contribution in [1.29, 1.82) is 0 Å². The summed E-state index contributed by atoms with van der Waals surface area (Å²) >= 11 is 0. The van der Waals surface area contributed by atoms with Crippen LogP contribution in [0.15, 0.2) is 30.3 Å². The molecule has 0 radical (unpaired) electrons. The van der Waals surface area contributed by atoms with Gasteiger partial charge in [0, 0.05) is 11.9 Å². The van der Waals surface area contributed by atoms with Crippen molar-refractivity contribution in [2.45, 2.75) is 32.9 Å². The van der Waals surface area contributed by atoms with Gasteiger partial charge in [0.2, 0.25) is 0 Å². The number of carbonyl (C=O) groups is 1. The standard InChI is InChI=1S/C17H23N3O2/c1-17(2,3)22-16(21)19-14-8-6-7-12-9-10-13(11-20(4)5)18-15(12)14/h6-10H,11H2,1-5H3,(H,19,21). The molecule has 118 valence electrons. The minimum atomic E-state index is -0.530. The predicted octanol–water partition coefficient (Wildman–Crippen LogP) is 3.64. The van der Waals surface area contributed by atoms with Crippen LogP contribution in [-0.2, 0) is 11.3 Å². The fourth-order valence-electron chi connectivity index (χ4n) is 2.11. The van der Waals surface area contributed by atoms with Crippen LogP contribution in [0.3, 0.4) is 0 Å². The Morgan fingerprint density at radius 3 is 2.59 bits per heavy atom. The normalized spacial score (nSPS) is 11.7. The quantitative estimate of drug-likeness (QED) is 0.940. The first kappa shape index (κ1) is 16.2. The predicted molar refractivity (Wildman–Crippen MR) is 89.0 cm³/mol. The van der Waals surface area contributed by atoms with Crippen molar-refractivity contribution < 1.29 is 9.53 Å². The second-order valence-corrected chi connectivity index (χ2v) is 6.54. The number of para-hydroxylation sites is 1. The molecule has 0 aliphatic rings. The van der Waals surface area contributed by atoms with E-state index in [0.717, 1.165) is 23.1 Å². The van der Waals surface area contributed by atoms with Gasteiger partial charge in [0.05, 0.1) is 16.9 Å². The lowest BCUT2D eigenvalue weighted by Gasteiger charge is -2.20. The fourth-order valence-corrected chi connectivity index (χ4v) is 2.11. The summed E-state index contributed by atoms with van der Waals surface area (Å²) in [6, 6.07) is 9.71. The highest BCUT2D eigenvalue weighted by Gasteiger charge is 2.17. The molecule has 0 fully saturated rings. The summed E-state index contributed by atoms with van der Waals surface area (Å²) in [7, 11) is 3.99. The maximum absolute atomic E-state index is 12.0. The average Bonchev–Trinajstić information content (AvgIpc) is 2.36. The molecular weight excluding hydrogens is 278 g/mol. The molecule has 1 aromatic heterocycles. The van der Waals surface area contributed by atoms with Crippen LogP contribution in [0.4, 0.5) is 10.5 Å². The van der Waals surface area contributed by atoms with Gasteiger partial charge in [-0.15, -0.1) is 0 Å². The molecule has 1 N–H and O–H groups in total. The lowest BCUT2D eigenvalue weighted by Crippen LogP contribution is -2.27. The van der Waals surface area contributed by atoms with Crippen LogP contribution in [0.1, 0.15) is 26.5 Å². The number of aromatic nitrogens is 1. The number of fused-ring (bicyclic) bond motifs is 1. The Bertz CT molecular complexity index is 675. The van der Waals surface area contributed by atoms with Gasteiger partial charge >= 0.3 is 6.09 Å². The molecule has 0 bridgehead atoms. The molecule has 5 nitrogen and oxygen atoms in total. The Kier molecular flexibility index (Phi) is 4.66. The Hall–Kier alpha value is -2.14. The van der Waals surface area contributed by atoms with Crippen LogP contribution in [0, 0.1) is 0 Å². The van der Waals surface area contributed by atoms with E-state index in [4.69, 9.17) is 4.74 Å². The van der Waals surface area contributed by atoms with Crippen molar-refractivity contribution in [2.24, 2.45) is 0 Å². The number of hydrogen-bond acceptors (Lipinski definition) is 4. The molecule has 2 rings (SSSR count). The number of anilines is 1. The monoisotopic (exact) mass is 301 g/mol. The maximum Gasteiger partial charge on any atom is 0.412 e. The first-order valence-corrected chi connectivity index (χ1v) is 7.28. The van der Waals surface area contributed by atoms with E-state index < -0.39 is 11.7 Å². The largest absolute Gasteiger partial charge is 0.444 e. The maximum atomic E-state index is 12.0. The van der Waals surface area contributed by atoms with Gasteiger partial charge in [0.15, 0.2) is 0 Å². The third-order valence-electron chi connectivity index (χ3n) is 2.89. The Balaban J connectivity index is 2.30. The molecule has 0 saturated carbocycles. The molecule has 0 aliphatic heterocycles. The molecule has 0 aliphatic carbocycles. The van der Waals surface area contributed by atoms with Crippen molar-refractivity contribution in [3.63, 3.8) is 0 Å². The highest BCUT2D eigenvalue weighted by atomic mass is 16.6. The lowest BCUT2D eigenvalue weighted by molar-refractivity contribution is 0.0636. The van der Waals surface area contributed by atoms with Crippen molar-refractivity contribution in [2.75, 3.05) is 19.4 Å². The average molecular weight is 301 g/mol. The van der Waals surface area contributed by atoms with Gasteiger partial charge in [0.25, 0.3) is 0 Å². The number of nitrogens with one attached hydrogen (secondary N) is 1. The first-order valence-electron chi connectivity index (χ1n) is 7.28. The van der Waals surface area contributed by atoms with E-state index in [0.29, 0.717) is 5.69 Å². The minimum Gasteiger partial charge on any atom is -0.444 e. The molecule has 1 aromatic carbocycles. The van der Waals surface area contributed by atoms with Gasteiger partial charge in [0.1, 0.15) is 5.60 Å². The van der Waals surface area contributed by atoms with Gasteiger partial charge in [-0.3, -0.25) is 5.32 Å². The molecule has 0 unspecified atom stereocenters. The summed E-state index contributed by atoms with van der Waals surface area (Å²) in [5.41, 5.74) is 1.86. The van der Waals surface area contributed by atoms with Gasteiger partial charge in [-0.25, -0.2) is 9.78 Å². The van der Waals surface area contributed by atoms with Crippen molar-refractivity contribution in [3.05, 3.63) is 36.0 Å². The van der Waals surface area contributed by atoms with E-state index in [1.807, 2.05) is 65.2 Å². The zero-order valence-electron chi connectivity index (χ0n) is 13.8. The summed E-state index contributed by atoms with van der Waals surface area (Å²) < 4.78 is 5.30. The molecule has 0 atom stereocenters. The molecular formula is C17H23N3O2. The van der Waals surface area contributed by atoms with Gasteiger partial charge < -0.3 is 9.64 Å². The highest BCUT2D eigenvalue weighted by molar-refractivity contribution is 5.97. The second-order valence-electron chi connectivity index (χ2n) is 6.54. The van der Waals surface area contributed by atoms with E-state index in [9.17, 15) is 4.79 Å². The number of hydrogen-bond donors (Lipinski definition) is 1. The van der Waals surface area contributed by atoms with Crippen LogP contribution in [0.5, 0.6) is 0 Å². The molecule has 5 heteroatoms. The summed E-state index contributed by atoms with van der Waals surface area (Å²) in [4.78, 5) is 18.7. The molecule has 1 heterocycles. The van der Waals surface area contributed by atoms with Crippen LogP contribution in [0.2, 0.25) is 0 Å². The van der Waals surface area contributed by atoms with Gasteiger partial charge in [-0.2, -0.15) is 0 Å². The summed E-state index contributed by atoms with van der Waals surface area (Å²) in [6.45, 7) is 6.26. The SMILES string of the molecule is CN(C)Cc1ccc2cccc(NC(=O)OC(C)(C)C)c2n1. The molecule has 2 aromatic rings. The van der Waals surface area contributed by atoms with Gasteiger partial charge in [-0.1, -0.05) is 18.2 Å². The second kappa shape index (κ2) is 6.32. The van der Waals surface area contributed by atoms with Crippen molar-refractivity contribution in [3.8, 4) is 0 Å². The molecule has 22 heavy (non-hydrogen) atoms. The minimum absolute atomic E-state index is 0.472. The van der Waals surface area contributed by atoms with Crippen molar-refractivity contribution in [1.82, 2.24) is 9.88 Å². The zero-order chi connectivity index (χ0) is 16.3. The Morgan fingerprint density at radius 1 is 1.23 bits per heavy atom. The highest BCUT2D eigenvalue weighted by Crippen LogP contribution is 2.23. The van der Waals surface area contributed by atoms with E-state index in [2.05, 4.69) is 15.2 Å². The Morgan fingerprint density at radius 2 is 1.95 bits per heavy atom. The number of rotatable bonds is 3. The lowest BCUT2D eigenvalue weighted by atomic mass is 10.1. The summed E-state index contributed by atoms with van der Waals surface area (Å²) in [5, 5.41) is 3.77. The topological polar surface area (TPSA) is 54.5 Å². The van der Waals surface area contributed by atoms with E-state index in [1.165, 1.54) is 0 Å². The molecule has 0 saturated heterocycles. The third-order valence-corrected chi connectivity index (χ3v) is 2.89. The first-order chi connectivity index (χ1) is 10.2. The van der Waals surface area contributed by atoms with E-state index in [-0.39, 0.29) is 0 Å². The zero-order valence-corrected chi connectivity index (χ0v) is 13.8. The van der Waals surface area contributed by atoms with Crippen LogP contribution >= 0.6 is 0 Å². The van der Waals surface area contributed by atoms with Gasteiger partial charge in [-0.05, 0) is 47.0 Å². The van der Waals surface area contributed by atoms with E-state index >= 15 is 0 Å². The number of carbonyl (C=O) groups excluding carboxylic acids is 1. The Labute approximate surface area is 131 Å².